The van der Waals surface area contributed by atoms with Gasteiger partial charge in [-0.3, -0.25) is 14.9 Å². The maximum absolute atomic E-state index is 12.6. The first-order chi connectivity index (χ1) is 14.4. The van der Waals surface area contributed by atoms with Gasteiger partial charge in [-0.1, -0.05) is 36.4 Å². The SMILES string of the molecule is O=C(NCCS(=O)(=O)c1ccccc1)c1cc([N+](=O)[O-])ccc1Oc1ccccc1. The van der Waals surface area contributed by atoms with E-state index in [0.717, 1.165) is 6.07 Å². The number of hydrogen-bond acceptors (Lipinski definition) is 6. The smallest absolute Gasteiger partial charge is 0.270 e. The van der Waals surface area contributed by atoms with Gasteiger partial charge in [0.25, 0.3) is 11.6 Å². The number of sulfone groups is 1. The molecule has 0 heterocycles. The second-order valence-electron chi connectivity index (χ2n) is 6.24. The Bertz CT molecular complexity index is 1150. The standard InChI is InChI=1S/C21H18N2O6S/c24-21(22-13-14-30(27,28)18-9-5-2-6-10-18)19-15-16(23(25)26)11-12-20(19)29-17-7-3-1-4-8-17/h1-12,15H,13-14H2,(H,22,24). The van der Waals surface area contributed by atoms with E-state index < -0.39 is 20.7 Å². The van der Waals surface area contributed by atoms with Crippen LogP contribution in [-0.4, -0.2) is 31.5 Å². The molecule has 0 radical (unpaired) electrons. The van der Waals surface area contributed by atoms with Crippen LogP contribution < -0.4 is 10.1 Å². The molecule has 0 bridgehead atoms. The van der Waals surface area contributed by atoms with Crippen LogP contribution in [-0.2, 0) is 9.84 Å². The zero-order chi connectivity index (χ0) is 21.6. The zero-order valence-electron chi connectivity index (χ0n) is 15.7. The van der Waals surface area contributed by atoms with Crippen molar-refractivity contribution in [1.82, 2.24) is 5.32 Å². The van der Waals surface area contributed by atoms with Gasteiger partial charge in [0.2, 0.25) is 0 Å². The van der Waals surface area contributed by atoms with Gasteiger partial charge in [-0.25, -0.2) is 8.42 Å². The maximum atomic E-state index is 12.6. The lowest BCUT2D eigenvalue weighted by molar-refractivity contribution is -0.384. The lowest BCUT2D eigenvalue weighted by Gasteiger charge is -2.12. The minimum atomic E-state index is -3.57. The number of nitrogens with one attached hydrogen (secondary N) is 1. The fourth-order valence-electron chi connectivity index (χ4n) is 2.65. The van der Waals surface area contributed by atoms with Crippen LogP contribution in [0.25, 0.3) is 0 Å². The van der Waals surface area contributed by atoms with Crippen molar-refractivity contribution >= 4 is 21.4 Å². The van der Waals surface area contributed by atoms with E-state index in [1.165, 1.54) is 24.3 Å². The molecule has 3 aromatic carbocycles. The summed E-state index contributed by atoms with van der Waals surface area (Å²) >= 11 is 0. The zero-order valence-corrected chi connectivity index (χ0v) is 16.5. The van der Waals surface area contributed by atoms with E-state index in [1.54, 1.807) is 48.5 Å². The van der Waals surface area contributed by atoms with E-state index in [9.17, 15) is 23.3 Å². The average Bonchev–Trinajstić information content (AvgIpc) is 2.75. The normalized spacial score (nSPS) is 10.9. The van der Waals surface area contributed by atoms with E-state index in [4.69, 9.17) is 4.74 Å². The van der Waals surface area contributed by atoms with Crippen LogP contribution in [0.15, 0.2) is 83.8 Å². The van der Waals surface area contributed by atoms with E-state index in [1.807, 2.05) is 0 Å². The summed E-state index contributed by atoms with van der Waals surface area (Å²) in [6.07, 6.45) is 0. The van der Waals surface area contributed by atoms with Crippen molar-refractivity contribution in [2.45, 2.75) is 4.90 Å². The fourth-order valence-corrected chi connectivity index (χ4v) is 3.83. The van der Waals surface area contributed by atoms with Gasteiger partial charge in [0.15, 0.2) is 9.84 Å². The maximum Gasteiger partial charge on any atom is 0.270 e. The molecule has 8 nitrogen and oxygen atoms in total. The summed E-state index contributed by atoms with van der Waals surface area (Å²) in [5.41, 5.74) is -0.345. The molecule has 0 fully saturated rings. The first-order valence-corrected chi connectivity index (χ1v) is 10.6. The number of non-ortho nitro benzene ring substituents is 1. The predicted molar refractivity (Wildman–Crippen MR) is 110 cm³/mol. The van der Waals surface area contributed by atoms with Crippen LogP contribution >= 0.6 is 0 Å². The second kappa shape index (κ2) is 9.19. The molecule has 1 amide bonds. The number of amides is 1. The highest BCUT2D eigenvalue weighted by Gasteiger charge is 2.20. The first-order valence-electron chi connectivity index (χ1n) is 8.94. The Morgan fingerprint density at radius 1 is 0.967 bits per heavy atom. The van der Waals surface area contributed by atoms with Crippen molar-refractivity contribution in [2.75, 3.05) is 12.3 Å². The monoisotopic (exact) mass is 426 g/mol. The molecule has 3 aromatic rings. The van der Waals surface area contributed by atoms with Crippen LogP contribution in [0.3, 0.4) is 0 Å². The summed E-state index contributed by atoms with van der Waals surface area (Å²) in [4.78, 5) is 23.3. The number of carbonyl (C=O) groups excluding carboxylic acids is 1. The highest BCUT2D eigenvalue weighted by molar-refractivity contribution is 7.91. The van der Waals surface area contributed by atoms with E-state index in [-0.39, 0.29) is 34.2 Å². The van der Waals surface area contributed by atoms with Gasteiger partial charge in [-0.05, 0) is 30.3 Å². The molecular weight excluding hydrogens is 408 g/mol. The number of carbonyl (C=O) groups is 1. The van der Waals surface area contributed by atoms with Crippen LogP contribution in [0.4, 0.5) is 5.69 Å². The Morgan fingerprint density at radius 2 is 1.60 bits per heavy atom. The number of ether oxygens (including phenoxy) is 1. The molecule has 0 saturated heterocycles. The predicted octanol–water partition coefficient (Wildman–Crippen LogP) is 3.59. The highest BCUT2D eigenvalue weighted by atomic mass is 32.2. The van der Waals surface area contributed by atoms with Crippen LogP contribution in [0.5, 0.6) is 11.5 Å². The van der Waals surface area contributed by atoms with Crippen molar-refractivity contribution < 1.29 is 22.9 Å². The number of nitro groups is 1. The van der Waals surface area contributed by atoms with Gasteiger partial charge in [0.1, 0.15) is 11.5 Å². The van der Waals surface area contributed by atoms with E-state index in [0.29, 0.717) is 5.75 Å². The van der Waals surface area contributed by atoms with E-state index >= 15 is 0 Å². The molecule has 0 saturated carbocycles. The summed E-state index contributed by atoms with van der Waals surface area (Å²) in [6, 6.07) is 20.2. The van der Waals surface area contributed by atoms with Gasteiger partial charge in [0, 0.05) is 18.7 Å². The number of rotatable bonds is 8. The summed E-state index contributed by atoms with van der Waals surface area (Å²) in [7, 11) is -3.57. The summed E-state index contributed by atoms with van der Waals surface area (Å²) in [5, 5.41) is 13.6. The highest BCUT2D eigenvalue weighted by Crippen LogP contribution is 2.28. The fraction of sp³-hybridized carbons (Fsp3) is 0.0952. The average molecular weight is 426 g/mol. The Kier molecular flexibility index (Phi) is 6.43. The molecule has 0 aliphatic heterocycles. The van der Waals surface area contributed by atoms with Crippen molar-refractivity contribution in [3.05, 3.63) is 94.5 Å². The van der Waals surface area contributed by atoms with Gasteiger partial charge < -0.3 is 10.1 Å². The van der Waals surface area contributed by atoms with Gasteiger partial charge in [0.05, 0.1) is 21.1 Å². The number of nitrogens with zero attached hydrogens (tertiary/aromatic N) is 1. The Hall–Kier alpha value is -3.72. The Morgan fingerprint density at radius 3 is 2.23 bits per heavy atom. The molecule has 0 aromatic heterocycles. The summed E-state index contributed by atoms with van der Waals surface area (Å²) in [6.45, 7) is -0.163. The molecule has 1 N–H and O–H groups in total. The van der Waals surface area contributed by atoms with Crippen molar-refractivity contribution in [1.29, 1.82) is 0 Å². The topological polar surface area (TPSA) is 116 Å². The molecule has 0 unspecified atom stereocenters. The molecule has 154 valence electrons. The molecule has 0 atom stereocenters. The van der Waals surface area contributed by atoms with Crippen molar-refractivity contribution in [2.24, 2.45) is 0 Å². The molecule has 30 heavy (non-hydrogen) atoms. The third-order valence-corrected chi connectivity index (χ3v) is 5.88. The van der Waals surface area contributed by atoms with Gasteiger partial charge in [-0.2, -0.15) is 0 Å². The quantitative estimate of drug-likeness (QED) is 0.435. The Labute approximate surface area is 173 Å². The molecule has 0 spiro atoms. The lowest BCUT2D eigenvalue weighted by Crippen LogP contribution is -2.29. The number of benzene rings is 3. The second-order valence-corrected chi connectivity index (χ2v) is 8.35. The minimum Gasteiger partial charge on any atom is -0.457 e. The summed E-state index contributed by atoms with van der Waals surface area (Å²) in [5.74, 6) is -0.415. The molecular formula is C21H18N2O6S. The molecule has 0 aliphatic rings. The third-order valence-electron chi connectivity index (χ3n) is 4.15. The number of para-hydroxylation sites is 1. The van der Waals surface area contributed by atoms with E-state index in [2.05, 4.69) is 5.32 Å². The lowest BCUT2D eigenvalue weighted by atomic mass is 10.1. The minimum absolute atomic E-state index is 0.0647. The Balaban J connectivity index is 1.76. The van der Waals surface area contributed by atoms with Crippen molar-refractivity contribution in [3.63, 3.8) is 0 Å². The third kappa shape index (κ3) is 5.21. The van der Waals surface area contributed by atoms with Gasteiger partial charge in [-0.15, -0.1) is 0 Å². The van der Waals surface area contributed by atoms with Crippen LogP contribution in [0.1, 0.15) is 10.4 Å². The first kappa shape index (κ1) is 21.0. The summed E-state index contributed by atoms with van der Waals surface area (Å²) < 4.78 is 30.4. The molecule has 0 aliphatic carbocycles. The van der Waals surface area contributed by atoms with Crippen molar-refractivity contribution in [3.8, 4) is 11.5 Å². The molecule has 9 heteroatoms. The van der Waals surface area contributed by atoms with Crippen LogP contribution in [0, 0.1) is 10.1 Å². The van der Waals surface area contributed by atoms with Gasteiger partial charge >= 0.3 is 0 Å². The number of nitro benzene ring substituents is 1. The van der Waals surface area contributed by atoms with Crippen LogP contribution in [0.2, 0.25) is 0 Å². The largest absolute Gasteiger partial charge is 0.457 e. The molecule has 3 rings (SSSR count). The number of hydrogen-bond donors (Lipinski definition) is 1.